The lowest BCUT2D eigenvalue weighted by Gasteiger charge is -2.00. The van der Waals surface area contributed by atoms with Gasteiger partial charge in [-0.1, -0.05) is 17.7 Å². The number of hydrogen-bond donors (Lipinski definition) is 0. The van der Waals surface area contributed by atoms with Crippen molar-refractivity contribution in [1.82, 2.24) is 0 Å². The molecule has 5 heteroatoms. The summed E-state index contributed by atoms with van der Waals surface area (Å²) in [5.74, 6) is -1.34. The fourth-order valence-corrected chi connectivity index (χ4v) is 1.23. The highest BCUT2D eigenvalue weighted by Gasteiger charge is 2.10. The van der Waals surface area contributed by atoms with Crippen molar-refractivity contribution >= 4 is 23.6 Å². The summed E-state index contributed by atoms with van der Waals surface area (Å²) >= 11 is 5.51. The van der Waals surface area contributed by atoms with Crippen LogP contribution in [-0.2, 0) is 9.53 Å². The molecule has 0 saturated carbocycles. The van der Waals surface area contributed by atoms with Gasteiger partial charge in [-0.25, -0.2) is 9.18 Å². The third kappa shape index (κ3) is 3.58. The standard InChI is InChI=1S/C12H9ClFNO2/c1-2-17-12(16)9(7-15)5-8-3-4-10(13)11(14)6-8/h3-6H,2H2,1H3/b9-5+. The molecule has 0 radical (unpaired) electrons. The minimum Gasteiger partial charge on any atom is -0.462 e. The summed E-state index contributed by atoms with van der Waals surface area (Å²) in [4.78, 5) is 11.3. The van der Waals surface area contributed by atoms with Gasteiger partial charge >= 0.3 is 5.97 Å². The smallest absolute Gasteiger partial charge is 0.348 e. The normalized spacial score (nSPS) is 10.8. The quantitative estimate of drug-likeness (QED) is 0.473. The van der Waals surface area contributed by atoms with Crippen LogP contribution in [0.15, 0.2) is 23.8 Å². The largest absolute Gasteiger partial charge is 0.462 e. The number of benzene rings is 1. The first kappa shape index (κ1) is 13.2. The predicted octanol–water partition coefficient (Wildman–Crippen LogP) is 2.95. The second-order valence-corrected chi connectivity index (χ2v) is 3.47. The minimum atomic E-state index is -0.731. The topological polar surface area (TPSA) is 50.1 Å². The number of esters is 1. The zero-order valence-electron chi connectivity index (χ0n) is 9.04. The number of nitriles is 1. The lowest BCUT2D eigenvalue weighted by Crippen LogP contribution is -2.05. The van der Waals surface area contributed by atoms with Crippen LogP contribution in [0.1, 0.15) is 12.5 Å². The van der Waals surface area contributed by atoms with Crippen molar-refractivity contribution in [3.8, 4) is 6.07 Å². The fourth-order valence-electron chi connectivity index (χ4n) is 1.11. The van der Waals surface area contributed by atoms with Crippen molar-refractivity contribution in [2.24, 2.45) is 0 Å². The molecule has 1 rings (SSSR count). The molecule has 0 heterocycles. The highest BCUT2D eigenvalue weighted by Crippen LogP contribution is 2.17. The number of rotatable bonds is 3. The molecule has 0 bridgehead atoms. The van der Waals surface area contributed by atoms with Crippen molar-refractivity contribution in [3.63, 3.8) is 0 Å². The molecule has 0 aliphatic carbocycles. The summed E-state index contributed by atoms with van der Waals surface area (Å²) in [6, 6.07) is 5.69. The molecule has 3 nitrogen and oxygen atoms in total. The van der Waals surface area contributed by atoms with E-state index in [0.717, 1.165) is 6.07 Å². The third-order valence-corrected chi connectivity index (χ3v) is 2.18. The van der Waals surface area contributed by atoms with Crippen LogP contribution in [0.4, 0.5) is 4.39 Å². The molecule has 0 N–H and O–H groups in total. The number of carbonyl (C=O) groups excluding carboxylic acids is 1. The molecule has 17 heavy (non-hydrogen) atoms. The van der Waals surface area contributed by atoms with Crippen LogP contribution in [0.5, 0.6) is 0 Å². The zero-order valence-corrected chi connectivity index (χ0v) is 9.79. The van der Waals surface area contributed by atoms with E-state index in [1.54, 1.807) is 13.0 Å². The van der Waals surface area contributed by atoms with Gasteiger partial charge in [-0.05, 0) is 30.7 Å². The fraction of sp³-hybridized carbons (Fsp3) is 0.167. The Labute approximate surface area is 103 Å². The first-order valence-electron chi connectivity index (χ1n) is 4.82. The molecule has 0 fully saturated rings. The van der Waals surface area contributed by atoms with E-state index in [-0.39, 0.29) is 17.2 Å². The van der Waals surface area contributed by atoms with Crippen LogP contribution in [0.2, 0.25) is 5.02 Å². The number of halogens is 2. The highest BCUT2D eigenvalue weighted by molar-refractivity contribution is 6.30. The maximum Gasteiger partial charge on any atom is 0.348 e. The molecule has 1 aromatic rings. The Hall–Kier alpha value is -1.86. The summed E-state index contributed by atoms with van der Waals surface area (Å²) in [6.45, 7) is 1.81. The van der Waals surface area contributed by atoms with E-state index in [2.05, 4.69) is 4.74 Å². The summed E-state index contributed by atoms with van der Waals surface area (Å²) in [7, 11) is 0. The molecule has 88 valence electrons. The van der Waals surface area contributed by atoms with Crippen molar-refractivity contribution in [2.75, 3.05) is 6.61 Å². The van der Waals surface area contributed by atoms with E-state index in [0.29, 0.717) is 5.56 Å². The van der Waals surface area contributed by atoms with Crippen LogP contribution < -0.4 is 0 Å². The molecule has 0 unspecified atom stereocenters. The molecule has 0 aromatic heterocycles. The lowest BCUT2D eigenvalue weighted by atomic mass is 10.1. The number of nitrogens with zero attached hydrogens (tertiary/aromatic N) is 1. The van der Waals surface area contributed by atoms with E-state index >= 15 is 0 Å². The van der Waals surface area contributed by atoms with E-state index in [4.69, 9.17) is 16.9 Å². The first-order valence-corrected chi connectivity index (χ1v) is 5.20. The van der Waals surface area contributed by atoms with Crippen molar-refractivity contribution in [1.29, 1.82) is 5.26 Å². The third-order valence-electron chi connectivity index (χ3n) is 1.87. The van der Waals surface area contributed by atoms with E-state index < -0.39 is 11.8 Å². The van der Waals surface area contributed by atoms with Crippen LogP contribution in [0.25, 0.3) is 6.08 Å². The first-order chi connectivity index (χ1) is 8.08. The SMILES string of the molecule is CCOC(=O)/C(C#N)=C/c1ccc(Cl)c(F)c1. The molecule has 0 saturated heterocycles. The van der Waals surface area contributed by atoms with Crippen LogP contribution in [0, 0.1) is 17.1 Å². The summed E-state index contributed by atoms with van der Waals surface area (Å²) < 4.78 is 17.8. The van der Waals surface area contributed by atoms with Crippen LogP contribution in [-0.4, -0.2) is 12.6 Å². The van der Waals surface area contributed by atoms with Crippen LogP contribution >= 0.6 is 11.6 Å². The van der Waals surface area contributed by atoms with Gasteiger partial charge in [0.05, 0.1) is 11.6 Å². The summed E-state index contributed by atoms with van der Waals surface area (Å²) in [5.41, 5.74) is 0.185. The maximum atomic E-state index is 13.1. The van der Waals surface area contributed by atoms with Crippen LogP contribution in [0.3, 0.4) is 0 Å². The molecule has 0 spiro atoms. The molecule has 1 aromatic carbocycles. The number of carbonyl (C=O) groups is 1. The predicted molar refractivity (Wildman–Crippen MR) is 61.6 cm³/mol. The number of ether oxygens (including phenoxy) is 1. The molecule has 0 atom stereocenters. The Morgan fingerprint density at radius 3 is 2.88 bits per heavy atom. The Morgan fingerprint density at radius 2 is 2.35 bits per heavy atom. The Bertz CT molecular complexity index is 506. The van der Waals surface area contributed by atoms with Gasteiger partial charge in [0.1, 0.15) is 17.5 Å². The average Bonchev–Trinajstić information content (AvgIpc) is 2.30. The lowest BCUT2D eigenvalue weighted by molar-refractivity contribution is -0.137. The van der Waals surface area contributed by atoms with Gasteiger partial charge in [0, 0.05) is 0 Å². The molecular weight excluding hydrogens is 245 g/mol. The summed E-state index contributed by atoms with van der Waals surface area (Å²) in [5, 5.41) is 8.75. The molecule has 0 aliphatic rings. The van der Waals surface area contributed by atoms with Gasteiger partial charge in [-0.2, -0.15) is 5.26 Å². The van der Waals surface area contributed by atoms with Crippen molar-refractivity contribution in [3.05, 3.63) is 40.2 Å². The minimum absolute atomic E-state index is 0.0169. The van der Waals surface area contributed by atoms with E-state index in [1.807, 2.05) is 0 Å². The van der Waals surface area contributed by atoms with Gasteiger partial charge in [0.15, 0.2) is 0 Å². The zero-order chi connectivity index (χ0) is 12.8. The highest BCUT2D eigenvalue weighted by atomic mass is 35.5. The summed E-state index contributed by atoms with van der Waals surface area (Å²) in [6.07, 6.45) is 1.25. The Morgan fingerprint density at radius 1 is 1.65 bits per heavy atom. The number of hydrogen-bond acceptors (Lipinski definition) is 3. The van der Waals surface area contributed by atoms with Gasteiger partial charge in [0.2, 0.25) is 0 Å². The van der Waals surface area contributed by atoms with E-state index in [9.17, 15) is 9.18 Å². The van der Waals surface area contributed by atoms with Crippen molar-refractivity contribution in [2.45, 2.75) is 6.92 Å². The van der Waals surface area contributed by atoms with Gasteiger partial charge in [-0.15, -0.1) is 0 Å². The molecule has 0 aliphatic heterocycles. The molecular formula is C12H9ClFNO2. The van der Waals surface area contributed by atoms with Gasteiger partial charge in [-0.3, -0.25) is 0 Å². The Balaban J connectivity index is 3.03. The van der Waals surface area contributed by atoms with Crippen molar-refractivity contribution < 1.29 is 13.9 Å². The molecule has 0 amide bonds. The Kier molecular flexibility index (Phi) is 4.68. The van der Waals surface area contributed by atoms with Gasteiger partial charge < -0.3 is 4.74 Å². The maximum absolute atomic E-state index is 13.1. The second kappa shape index (κ2) is 6.02. The van der Waals surface area contributed by atoms with E-state index in [1.165, 1.54) is 18.2 Å². The van der Waals surface area contributed by atoms with Gasteiger partial charge in [0.25, 0.3) is 0 Å². The monoisotopic (exact) mass is 253 g/mol. The average molecular weight is 254 g/mol. The second-order valence-electron chi connectivity index (χ2n) is 3.06.